The summed E-state index contributed by atoms with van der Waals surface area (Å²) in [5.41, 5.74) is 1.44. The fourth-order valence-electron chi connectivity index (χ4n) is 2.97. The molecule has 1 N–H and O–H groups in total. The molecule has 3 aromatic rings. The van der Waals surface area contributed by atoms with Gasteiger partial charge in [-0.3, -0.25) is 4.79 Å². The number of alkyl halides is 3. The predicted octanol–water partition coefficient (Wildman–Crippen LogP) is 5.08. The first kappa shape index (κ1) is 20.6. The van der Waals surface area contributed by atoms with Crippen molar-refractivity contribution in [2.45, 2.75) is 32.5 Å². The van der Waals surface area contributed by atoms with Crippen molar-refractivity contribution in [3.05, 3.63) is 82.9 Å². The van der Waals surface area contributed by atoms with E-state index in [9.17, 15) is 22.4 Å². The number of aromatic nitrogens is 2. The standard InChI is InChI=1S/C21H19F4N3O/c1-13(2)19-18(12-27-28(19)17-9-7-16(22)8-10-17)20(29)26-11-14-3-5-15(6-4-14)21(23,24)25/h3-10,12-13H,11H2,1-2H3,(H,26,29). The molecule has 0 unspecified atom stereocenters. The Morgan fingerprint density at radius 3 is 2.24 bits per heavy atom. The van der Waals surface area contributed by atoms with E-state index in [1.165, 1.54) is 30.5 Å². The molecule has 0 aliphatic rings. The molecular weight excluding hydrogens is 386 g/mol. The first-order valence-corrected chi connectivity index (χ1v) is 8.95. The van der Waals surface area contributed by atoms with Gasteiger partial charge < -0.3 is 5.32 Å². The van der Waals surface area contributed by atoms with Gasteiger partial charge in [0.2, 0.25) is 0 Å². The molecule has 4 nitrogen and oxygen atoms in total. The van der Waals surface area contributed by atoms with Crippen LogP contribution in [0, 0.1) is 5.82 Å². The van der Waals surface area contributed by atoms with Gasteiger partial charge in [0.05, 0.1) is 28.7 Å². The van der Waals surface area contributed by atoms with E-state index in [1.54, 1.807) is 16.8 Å². The van der Waals surface area contributed by atoms with E-state index in [0.29, 0.717) is 22.5 Å². The number of rotatable bonds is 5. The molecule has 0 bridgehead atoms. The smallest absolute Gasteiger partial charge is 0.348 e. The van der Waals surface area contributed by atoms with Crippen molar-refractivity contribution in [1.82, 2.24) is 15.1 Å². The molecule has 0 aliphatic heterocycles. The third-order valence-corrected chi connectivity index (χ3v) is 4.40. The second kappa shape index (κ2) is 8.06. The van der Waals surface area contributed by atoms with E-state index in [-0.39, 0.29) is 24.2 Å². The third kappa shape index (κ3) is 4.64. The highest BCUT2D eigenvalue weighted by Crippen LogP contribution is 2.29. The molecule has 8 heteroatoms. The van der Waals surface area contributed by atoms with Crippen LogP contribution < -0.4 is 5.32 Å². The average Bonchev–Trinajstić information content (AvgIpc) is 3.12. The van der Waals surface area contributed by atoms with Gasteiger partial charge in [-0.05, 0) is 47.9 Å². The number of benzene rings is 2. The van der Waals surface area contributed by atoms with Crippen molar-refractivity contribution in [2.24, 2.45) is 0 Å². The van der Waals surface area contributed by atoms with E-state index in [4.69, 9.17) is 0 Å². The van der Waals surface area contributed by atoms with Crippen LogP contribution in [0.2, 0.25) is 0 Å². The first-order chi connectivity index (χ1) is 13.7. The Balaban J connectivity index is 1.78. The highest BCUT2D eigenvalue weighted by atomic mass is 19.4. The zero-order chi connectivity index (χ0) is 21.2. The van der Waals surface area contributed by atoms with Crippen molar-refractivity contribution < 1.29 is 22.4 Å². The molecular formula is C21H19F4N3O. The highest BCUT2D eigenvalue weighted by molar-refractivity contribution is 5.95. The molecule has 3 rings (SSSR count). The first-order valence-electron chi connectivity index (χ1n) is 8.95. The number of hydrogen-bond acceptors (Lipinski definition) is 2. The quantitative estimate of drug-likeness (QED) is 0.602. The number of carbonyl (C=O) groups excluding carboxylic acids is 1. The predicted molar refractivity (Wildman–Crippen MR) is 100 cm³/mol. The molecule has 1 amide bonds. The van der Waals surface area contributed by atoms with Gasteiger partial charge in [0, 0.05) is 6.54 Å². The van der Waals surface area contributed by atoms with E-state index >= 15 is 0 Å². The summed E-state index contributed by atoms with van der Waals surface area (Å²) >= 11 is 0. The van der Waals surface area contributed by atoms with Crippen LogP contribution in [0.25, 0.3) is 5.69 Å². The van der Waals surface area contributed by atoms with E-state index in [2.05, 4.69) is 10.4 Å². The summed E-state index contributed by atoms with van der Waals surface area (Å²) in [5, 5.41) is 6.97. The molecule has 0 aliphatic carbocycles. The second-order valence-corrected chi connectivity index (χ2v) is 6.86. The Bertz CT molecular complexity index is 990. The maximum atomic E-state index is 13.2. The van der Waals surface area contributed by atoms with Gasteiger partial charge in [-0.25, -0.2) is 9.07 Å². The summed E-state index contributed by atoms with van der Waals surface area (Å²) in [6, 6.07) is 10.4. The molecule has 0 spiro atoms. The number of hydrogen-bond donors (Lipinski definition) is 1. The van der Waals surface area contributed by atoms with Gasteiger partial charge >= 0.3 is 6.18 Å². The summed E-state index contributed by atoms with van der Waals surface area (Å²) in [6.45, 7) is 3.89. The highest BCUT2D eigenvalue weighted by Gasteiger charge is 2.30. The summed E-state index contributed by atoms with van der Waals surface area (Å²) < 4.78 is 52.7. The second-order valence-electron chi connectivity index (χ2n) is 6.86. The van der Waals surface area contributed by atoms with Crippen LogP contribution in [0.15, 0.2) is 54.7 Å². The van der Waals surface area contributed by atoms with Gasteiger partial charge in [0.25, 0.3) is 5.91 Å². The number of nitrogens with zero attached hydrogens (tertiary/aromatic N) is 2. The third-order valence-electron chi connectivity index (χ3n) is 4.40. The van der Waals surface area contributed by atoms with Gasteiger partial charge in [-0.15, -0.1) is 0 Å². The molecule has 0 saturated carbocycles. The maximum Gasteiger partial charge on any atom is 0.416 e. The Hall–Kier alpha value is -3.16. The fourth-order valence-corrected chi connectivity index (χ4v) is 2.97. The van der Waals surface area contributed by atoms with Crippen LogP contribution >= 0.6 is 0 Å². The van der Waals surface area contributed by atoms with Crippen molar-refractivity contribution in [3.63, 3.8) is 0 Å². The monoisotopic (exact) mass is 405 g/mol. The fraction of sp³-hybridized carbons (Fsp3) is 0.238. The largest absolute Gasteiger partial charge is 0.416 e. The Labute approximate surface area is 165 Å². The number of nitrogens with one attached hydrogen (secondary N) is 1. The SMILES string of the molecule is CC(C)c1c(C(=O)NCc2ccc(C(F)(F)F)cc2)cnn1-c1ccc(F)cc1. The molecule has 0 fully saturated rings. The molecule has 0 saturated heterocycles. The van der Waals surface area contributed by atoms with Gasteiger partial charge in [0.15, 0.2) is 0 Å². The summed E-state index contributed by atoms with van der Waals surface area (Å²) in [6.07, 6.45) is -2.97. The van der Waals surface area contributed by atoms with Crippen LogP contribution in [0.4, 0.5) is 17.6 Å². The van der Waals surface area contributed by atoms with Gasteiger partial charge in [-0.1, -0.05) is 26.0 Å². The summed E-state index contributed by atoms with van der Waals surface area (Å²) in [7, 11) is 0. The topological polar surface area (TPSA) is 46.9 Å². The summed E-state index contributed by atoms with van der Waals surface area (Å²) in [5.74, 6) is -0.808. The maximum absolute atomic E-state index is 13.2. The van der Waals surface area contributed by atoms with Crippen molar-refractivity contribution in [3.8, 4) is 5.69 Å². The van der Waals surface area contributed by atoms with Crippen molar-refractivity contribution in [1.29, 1.82) is 0 Å². The lowest BCUT2D eigenvalue weighted by Gasteiger charge is -2.13. The lowest BCUT2D eigenvalue weighted by atomic mass is 10.0. The molecule has 0 atom stereocenters. The Morgan fingerprint density at radius 2 is 1.69 bits per heavy atom. The lowest BCUT2D eigenvalue weighted by Crippen LogP contribution is -2.24. The number of amides is 1. The van der Waals surface area contributed by atoms with Crippen molar-refractivity contribution in [2.75, 3.05) is 0 Å². The molecule has 29 heavy (non-hydrogen) atoms. The van der Waals surface area contributed by atoms with E-state index in [0.717, 1.165) is 12.1 Å². The van der Waals surface area contributed by atoms with Crippen LogP contribution in [0.3, 0.4) is 0 Å². The number of halogens is 4. The van der Waals surface area contributed by atoms with Gasteiger partial charge in [0.1, 0.15) is 5.82 Å². The van der Waals surface area contributed by atoms with E-state index in [1.807, 2.05) is 13.8 Å². The minimum atomic E-state index is -4.40. The normalized spacial score (nSPS) is 11.7. The molecule has 1 heterocycles. The molecule has 0 radical (unpaired) electrons. The van der Waals surface area contributed by atoms with E-state index < -0.39 is 11.7 Å². The van der Waals surface area contributed by atoms with Gasteiger partial charge in [-0.2, -0.15) is 18.3 Å². The minimum Gasteiger partial charge on any atom is -0.348 e. The van der Waals surface area contributed by atoms with Crippen LogP contribution in [-0.2, 0) is 12.7 Å². The minimum absolute atomic E-state index is 0.0469. The molecule has 1 aromatic heterocycles. The van der Waals surface area contributed by atoms with Crippen LogP contribution in [-0.4, -0.2) is 15.7 Å². The van der Waals surface area contributed by atoms with Crippen molar-refractivity contribution >= 4 is 5.91 Å². The zero-order valence-electron chi connectivity index (χ0n) is 15.8. The lowest BCUT2D eigenvalue weighted by molar-refractivity contribution is -0.137. The molecule has 2 aromatic carbocycles. The Morgan fingerprint density at radius 1 is 1.07 bits per heavy atom. The summed E-state index contributed by atoms with van der Waals surface area (Å²) in [4.78, 5) is 12.7. The molecule has 152 valence electrons. The Kier molecular flexibility index (Phi) is 5.72. The number of carbonyl (C=O) groups is 1. The average molecular weight is 405 g/mol. The van der Waals surface area contributed by atoms with Crippen LogP contribution in [0.5, 0.6) is 0 Å². The van der Waals surface area contributed by atoms with Crippen LogP contribution in [0.1, 0.15) is 46.9 Å². The zero-order valence-corrected chi connectivity index (χ0v) is 15.8.